The molecule has 1 heterocycles. The average Bonchev–Trinajstić information content (AvgIpc) is 2.98. The van der Waals surface area contributed by atoms with Crippen molar-refractivity contribution < 1.29 is 23.8 Å². The number of rotatable bonds is 5. The Morgan fingerprint density at radius 2 is 1.83 bits per heavy atom. The van der Waals surface area contributed by atoms with Gasteiger partial charge in [0.1, 0.15) is 11.3 Å². The molecule has 0 aliphatic carbocycles. The van der Waals surface area contributed by atoms with Crippen LogP contribution in [0, 0.1) is 0 Å². The molecule has 0 bridgehead atoms. The van der Waals surface area contributed by atoms with Gasteiger partial charge < -0.3 is 14.3 Å². The first-order valence-corrected chi connectivity index (χ1v) is 8.42. The summed E-state index contributed by atoms with van der Waals surface area (Å²) < 4.78 is 12.0. The van der Waals surface area contributed by atoms with Crippen LogP contribution in [0.4, 0.5) is 0 Å². The number of aliphatic carboxylic acids is 1. The van der Waals surface area contributed by atoms with Crippen LogP contribution in [-0.2, 0) is 4.79 Å². The smallest absolute Gasteiger partial charge is 0.341 e. The minimum Gasteiger partial charge on any atom is -0.480 e. The summed E-state index contributed by atoms with van der Waals surface area (Å²) in [5.41, 5.74) is 1.00. The van der Waals surface area contributed by atoms with E-state index in [0.29, 0.717) is 31.2 Å². The molecule has 7 heteroatoms. The fourth-order valence-electron chi connectivity index (χ4n) is 2.20. The summed E-state index contributed by atoms with van der Waals surface area (Å²) in [5.74, 6) is -0.785. The van der Waals surface area contributed by atoms with Gasteiger partial charge in [0.25, 0.3) is 0 Å². The zero-order chi connectivity index (χ0) is 17.3. The van der Waals surface area contributed by atoms with Crippen LogP contribution in [0.1, 0.15) is 16.1 Å². The maximum atomic E-state index is 12.5. The molecule has 0 saturated carbocycles. The molecule has 5 nitrogen and oxygen atoms in total. The maximum absolute atomic E-state index is 12.5. The van der Waals surface area contributed by atoms with Gasteiger partial charge in [-0.2, -0.15) is 0 Å². The van der Waals surface area contributed by atoms with Gasteiger partial charge in [0, 0.05) is 10.9 Å². The number of benzene rings is 2. The summed E-state index contributed by atoms with van der Waals surface area (Å²) in [4.78, 5) is 23.2. The number of hydrogen-bond acceptors (Lipinski definition) is 4. The second-order valence-corrected chi connectivity index (χ2v) is 6.55. The number of hydrogen-bond donors (Lipinski definition) is 1. The van der Waals surface area contributed by atoms with Gasteiger partial charge in [-0.05, 0) is 44.0 Å². The SMILES string of the molecule is O=C(O)COc1c(Br)cc2oc(C(=O)c3ccccc3)cc2c1Br. The third kappa shape index (κ3) is 3.22. The van der Waals surface area contributed by atoms with Gasteiger partial charge in [0.2, 0.25) is 5.78 Å². The van der Waals surface area contributed by atoms with Crippen molar-refractivity contribution in [2.75, 3.05) is 6.61 Å². The predicted octanol–water partition coefficient (Wildman–Crippen LogP) is 4.65. The van der Waals surface area contributed by atoms with E-state index < -0.39 is 12.6 Å². The highest BCUT2D eigenvalue weighted by molar-refractivity contribution is 9.11. The average molecular weight is 454 g/mol. The molecule has 0 aliphatic rings. The van der Waals surface area contributed by atoms with Crippen molar-refractivity contribution in [3.05, 3.63) is 62.7 Å². The Balaban J connectivity index is 2.04. The lowest BCUT2D eigenvalue weighted by Crippen LogP contribution is -2.10. The highest BCUT2D eigenvalue weighted by atomic mass is 79.9. The summed E-state index contributed by atoms with van der Waals surface area (Å²) in [7, 11) is 0. The highest BCUT2D eigenvalue weighted by Gasteiger charge is 2.20. The number of ketones is 1. The van der Waals surface area contributed by atoms with Crippen LogP contribution in [0.25, 0.3) is 11.0 Å². The van der Waals surface area contributed by atoms with Crippen molar-refractivity contribution in [2.45, 2.75) is 0 Å². The molecular formula is C17H10Br2O5. The number of fused-ring (bicyclic) bond motifs is 1. The zero-order valence-electron chi connectivity index (χ0n) is 12.1. The van der Waals surface area contributed by atoms with E-state index in [2.05, 4.69) is 31.9 Å². The molecule has 0 amide bonds. The first-order valence-electron chi connectivity index (χ1n) is 6.83. The second kappa shape index (κ2) is 6.78. The molecule has 0 fully saturated rings. The molecule has 0 radical (unpaired) electrons. The van der Waals surface area contributed by atoms with Crippen molar-refractivity contribution in [3.63, 3.8) is 0 Å². The molecule has 0 unspecified atom stereocenters. The number of furan rings is 1. The minimum absolute atomic E-state index is 0.194. The number of carboxylic acid groups (broad SMARTS) is 1. The molecule has 1 aromatic heterocycles. The van der Waals surface area contributed by atoms with Crippen molar-refractivity contribution in [3.8, 4) is 5.75 Å². The minimum atomic E-state index is -1.08. The van der Waals surface area contributed by atoms with Crippen LogP contribution in [0.3, 0.4) is 0 Å². The Hall–Kier alpha value is -2.12. The third-order valence-electron chi connectivity index (χ3n) is 3.27. The highest BCUT2D eigenvalue weighted by Crippen LogP contribution is 2.41. The number of ether oxygens (including phenoxy) is 1. The quantitative estimate of drug-likeness (QED) is 0.569. The normalized spacial score (nSPS) is 10.8. The van der Waals surface area contributed by atoms with Crippen molar-refractivity contribution in [1.82, 2.24) is 0 Å². The van der Waals surface area contributed by atoms with E-state index in [1.54, 1.807) is 36.4 Å². The number of halogens is 2. The monoisotopic (exact) mass is 452 g/mol. The van der Waals surface area contributed by atoms with Gasteiger partial charge in [0.05, 0.1) is 8.95 Å². The Morgan fingerprint density at radius 1 is 1.12 bits per heavy atom. The van der Waals surface area contributed by atoms with Crippen LogP contribution < -0.4 is 4.74 Å². The van der Waals surface area contributed by atoms with E-state index in [1.807, 2.05) is 6.07 Å². The van der Waals surface area contributed by atoms with E-state index in [1.165, 1.54) is 0 Å². The van der Waals surface area contributed by atoms with Crippen LogP contribution in [0.2, 0.25) is 0 Å². The molecule has 3 rings (SSSR count). The molecule has 2 aromatic carbocycles. The largest absolute Gasteiger partial charge is 0.480 e. The van der Waals surface area contributed by atoms with Gasteiger partial charge >= 0.3 is 5.97 Å². The molecule has 122 valence electrons. The lowest BCUT2D eigenvalue weighted by atomic mass is 10.1. The molecule has 0 saturated heterocycles. The zero-order valence-corrected chi connectivity index (χ0v) is 15.3. The van der Waals surface area contributed by atoms with E-state index in [4.69, 9.17) is 14.3 Å². The molecular weight excluding hydrogens is 444 g/mol. The Morgan fingerprint density at radius 3 is 2.50 bits per heavy atom. The van der Waals surface area contributed by atoms with Crippen molar-refractivity contribution in [2.24, 2.45) is 0 Å². The second-order valence-electron chi connectivity index (χ2n) is 4.90. The van der Waals surface area contributed by atoms with Gasteiger partial charge in [-0.3, -0.25) is 4.79 Å². The van der Waals surface area contributed by atoms with Crippen LogP contribution in [0.15, 0.2) is 55.8 Å². The van der Waals surface area contributed by atoms with E-state index in [-0.39, 0.29) is 11.5 Å². The van der Waals surface area contributed by atoms with Crippen molar-refractivity contribution in [1.29, 1.82) is 0 Å². The molecule has 0 aliphatic heterocycles. The predicted molar refractivity (Wildman–Crippen MR) is 94.6 cm³/mol. The summed E-state index contributed by atoms with van der Waals surface area (Å²) in [6.45, 7) is -0.476. The Kier molecular flexibility index (Phi) is 4.73. The summed E-state index contributed by atoms with van der Waals surface area (Å²) in [5, 5.41) is 9.38. The van der Waals surface area contributed by atoms with E-state index in [0.717, 1.165) is 0 Å². The number of carboxylic acids is 1. The fraction of sp³-hybridized carbons (Fsp3) is 0.0588. The first-order chi connectivity index (χ1) is 11.5. The Labute approximate surface area is 153 Å². The van der Waals surface area contributed by atoms with E-state index in [9.17, 15) is 9.59 Å². The summed E-state index contributed by atoms with van der Waals surface area (Å²) in [6, 6.07) is 12.0. The molecule has 0 spiro atoms. The van der Waals surface area contributed by atoms with Gasteiger partial charge in [-0.25, -0.2) is 4.79 Å². The fourth-order valence-corrected chi connectivity index (χ4v) is 3.63. The van der Waals surface area contributed by atoms with Crippen molar-refractivity contribution >= 4 is 54.6 Å². The van der Waals surface area contributed by atoms with Crippen LogP contribution in [-0.4, -0.2) is 23.5 Å². The lowest BCUT2D eigenvalue weighted by molar-refractivity contribution is -0.139. The maximum Gasteiger partial charge on any atom is 0.341 e. The summed E-state index contributed by atoms with van der Waals surface area (Å²) in [6.07, 6.45) is 0. The molecule has 0 atom stereocenters. The lowest BCUT2D eigenvalue weighted by Gasteiger charge is -2.08. The van der Waals surface area contributed by atoms with Gasteiger partial charge in [-0.1, -0.05) is 30.3 Å². The third-order valence-corrected chi connectivity index (χ3v) is 4.65. The van der Waals surface area contributed by atoms with Crippen LogP contribution >= 0.6 is 31.9 Å². The first kappa shape index (κ1) is 16.7. The van der Waals surface area contributed by atoms with Gasteiger partial charge in [0.15, 0.2) is 12.4 Å². The molecule has 3 aromatic rings. The van der Waals surface area contributed by atoms with E-state index >= 15 is 0 Å². The Bertz CT molecular complexity index is 931. The number of carbonyl (C=O) groups excluding carboxylic acids is 1. The number of carbonyl (C=O) groups is 2. The van der Waals surface area contributed by atoms with Crippen LogP contribution in [0.5, 0.6) is 5.75 Å². The topological polar surface area (TPSA) is 76.7 Å². The molecule has 1 N–H and O–H groups in total. The molecule has 24 heavy (non-hydrogen) atoms. The van der Waals surface area contributed by atoms with Gasteiger partial charge in [-0.15, -0.1) is 0 Å². The standard InChI is InChI=1S/C17H10Br2O5/c18-11-7-12-10(15(19)17(11)23-8-14(20)21)6-13(24-12)16(22)9-4-2-1-3-5-9/h1-7H,8H2,(H,20,21). The summed E-state index contributed by atoms with van der Waals surface area (Å²) >= 11 is 6.70.